The van der Waals surface area contributed by atoms with Crippen molar-refractivity contribution in [3.8, 4) is 5.75 Å². The van der Waals surface area contributed by atoms with Gasteiger partial charge < -0.3 is 15.0 Å². The molecule has 0 atom stereocenters. The van der Waals surface area contributed by atoms with Crippen LogP contribution >= 0.6 is 0 Å². The van der Waals surface area contributed by atoms with Gasteiger partial charge in [0, 0.05) is 25.0 Å². The lowest BCUT2D eigenvalue weighted by Crippen LogP contribution is -2.44. The van der Waals surface area contributed by atoms with Crippen molar-refractivity contribution in [2.24, 2.45) is 11.8 Å². The molecule has 0 unspecified atom stereocenters. The fourth-order valence-corrected chi connectivity index (χ4v) is 3.56. The number of carbonyl (C=O) groups excluding carboxylic acids is 2. The highest BCUT2D eigenvalue weighted by Gasteiger charge is 2.31. The zero-order chi connectivity index (χ0) is 18.5. The molecule has 1 heterocycles. The van der Waals surface area contributed by atoms with E-state index < -0.39 is 0 Å². The molecule has 1 N–H and O–H groups in total. The Hall–Kier alpha value is -2.04. The first-order chi connectivity index (χ1) is 12.5. The monoisotopic (exact) mass is 358 g/mol. The molecule has 2 aliphatic rings. The molecular weight excluding hydrogens is 328 g/mol. The van der Waals surface area contributed by atoms with E-state index in [1.165, 1.54) is 6.42 Å². The van der Waals surface area contributed by atoms with Gasteiger partial charge in [0.2, 0.25) is 5.91 Å². The maximum Gasteiger partial charge on any atom is 0.255 e. The van der Waals surface area contributed by atoms with Crippen LogP contribution < -0.4 is 10.1 Å². The summed E-state index contributed by atoms with van der Waals surface area (Å²) in [6.07, 6.45) is 5.27. The van der Waals surface area contributed by atoms with Gasteiger partial charge in [-0.1, -0.05) is 18.6 Å². The first-order valence-electron chi connectivity index (χ1n) is 9.86. The SMILES string of the molecule is CC(C)NC(=O)c1ccccc1OCC1CCN(C(=O)C2CCC2)CC1. The number of ether oxygens (including phenoxy) is 1. The van der Waals surface area contributed by atoms with Crippen molar-refractivity contribution in [3.63, 3.8) is 0 Å². The number of likely N-dealkylation sites (tertiary alicyclic amines) is 1. The summed E-state index contributed by atoms with van der Waals surface area (Å²) < 4.78 is 5.99. The quantitative estimate of drug-likeness (QED) is 0.849. The molecule has 0 spiro atoms. The Morgan fingerprint density at radius 3 is 2.46 bits per heavy atom. The van der Waals surface area contributed by atoms with Crippen LogP contribution in [-0.4, -0.2) is 42.5 Å². The van der Waals surface area contributed by atoms with Crippen molar-refractivity contribution in [3.05, 3.63) is 29.8 Å². The van der Waals surface area contributed by atoms with E-state index in [9.17, 15) is 9.59 Å². The van der Waals surface area contributed by atoms with E-state index in [1.807, 2.05) is 36.9 Å². The van der Waals surface area contributed by atoms with Gasteiger partial charge in [0.25, 0.3) is 5.91 Å². The second kappa shape index (κ2) is 8.56. The second-order valence-electron chi connectivity index (χ2n) is 7.83. The predicted octanol–water partition coefficient (Wildman–Crippen LogP) is 3.24. The lowest BCUT2D eigenvalue weighted by atomic mass is 9.83. The summed E-state index contributed by atoms with van der Waals surface area (Å²) in [7, 11) is 0. The van der Waals surface area contributed by atoms with E-state index in [1.54, 1.807) is 6.07 Å². The molecule has 1 aliphatic carbocycles. The van der Waals surface area contributed by atoms with Gasteiger partial charge in [-0.3, -0.25) is 9.59 Å². The molecule has 1 saturated carbocycles. The summed E-state index contributed by atoms with van der Waals surface area (Å²) >= 11 is 0. The van der Waals surface area contributed by atoms with Crippen molar-refractivity contribution in [2.45, 2.75) is 52.0 Å². The van der Waals surface area contributed by atoms with E-state index >= 15 is 0 Å². The summed E-state index contributed by atoms with van der Waals surface area (Å²) in [5.41, 5.74) is 0.582. The molecule has 26 heavy (non-hydrogen) atoms. The fourth-order valence-electron chi connectivity index (χ4n) is 3.56. The molecule has 3 rings (SSSR count). The summed E-state index contributed by atoms with van der Waals surface area (Å²) in [6.45, 7) is 6.15. The van der Waals surface area contributed by atoms with Gasteiger partial charge in [0.15, 0.2) is 0 Å². The molecule has 5 heteroatoms. The van der Waals surface area contributed by atoms with Crippen LogP contribution in [-0.2, 0) is 4.79 Å². The molecular formula is C21H30N2O3. The Bertz CT molecular complexity index is 632. The van der Waals surface area contributed by atoms with E-state index in [0.717, 1.165) is 38.8 Å². The number of nitrogens with one attached hydrogen (secondary N) is 1. The molecule has 0 aromatic heterocycles. The van der Waals surface area contributed by atoms with Crippen LogP contribution in [0.15, 0.2) is 24.3 Å². The topological polar surface area (TPSA) is 58.6 Å². The number of nitrogens with zero attached hydrogens (tertiary/aromatic N) is 1. The van der Waals surface area contributed by atoms with E-state index in [-0.39, 0.29) is 17.9 Å². The average molecular weight is 358 g/mol. The molecule has 142 valence electrons. The van der Waals surface area contributed by atoms with Gasteiger partial charge in [-0.15, -0.1) is 0 Å². The average Bonchev–Trinajstić information content (AvgIpc) is 2.58. The number of benzene rings is 1. The van der Waals surface area contributed by atoms with Crippen LogP contribution in [0.5, 0.6) is 5.75 Å². The van der Waals surface area contributed by atoms with E-state index in [4.69, 9.17) is 4.74 Å². The van der Waals surface area contributed by atoms with Gasteiger partial charge in [-0.25, -0.2) is 0 Å². The van der Waals surface area contributed by atoms with Gasteiger partial charge in [-0.2, -0.15) is 0 Å². The van der Waals surface area contributed by atoms with Crippen LogP contribution in [0.3, 0.4) is 0 Å². The van der Waals surface area contributed by atoms with E-state index in [0.29, 0.717) is 29.7 Å². The number of hydrogen-bond donors (Lipinski definition) is 1. The van der Waals surface area contributed by atoms with Gasteiger partial charge in [-0.05, 0) is 57.6 Å². The molecule has 2 amide bonds. The highest BCUT2D eigenvalue weighted by Crippen LogP contribution is 2.30. The maximum atomic E-state index is 12.3. The van der Waals surface area contributed by atoms with Crippen LogP contribution in [0.25, 0.3) is 0 Å². The minimum Gasteiger partial charge on any atom is -0.492 e. The molecule has 5 nitrogen and oxygen atoms in total. The number of para-hydroxylation sites is 1. The molecule has 1 aromatic carbocycles. The van der Waals surface area contributed by atoms with Gasteiger partial charge in [0.1, 0.15) is 5.75 Å². The van der Waals surface area contributed by atoms with Gasteiger partial charge in [0.05, 0.1) is 12.2 Å². The molecule has 0 bridgehead atoms. The lowest BCUT2D eigenvalue weighted by molar-refractivity contribution is -0.139. The fraction of sp³-hybridized carbons (Fsp3) is 0.619. The minimum atomic E-state index is -0.100. The van der Waals surface area contributed by atoms with Crippen LogP contribution in [0.2, 0.25) is 0 Å². The normalized spacial score (nSPS) is 18.5. The molecule has 1 saturated heterocycles. The largest absolute Gasteiger partial charge is 0.492 e. The first-order valence-corrected chi connectivity index (χ1v) is 9.86. The predicted molar refractivity (Wildman–Crippen MR) is 101 cm³/mol. The second-order valence-corrected chi connectivity index (χ2v) is 7.83. The van der Waals surface area contributed by atoms with Crippen molar-refractivity contribution in [1.82, 2.24) is 10.2 Å². The standard InChI is InChI=1S/C21H30N2O3/c1-15(2)22-20(24)18-8-3-4-9-19(18)26-14-16-10-12-23(13-11-16)21(25)17-6-5-7-17/h3-4,8-9,15-17H,5-7,10-14H2,1-2H3,(H,22,24). The Balaban J connectivity index is 1.49. The zero-order valence-corrected chi connectivity index (χ0v) is 15.9. The van der Waals surface area contributed by atoms with Crippen LogP contribution in [0, 0.1) is 11.8 Å². The highest BCUT2D eigenvalue weighted by molar-refractivity contribution is 5.97. The molecule has 0 radical (unpaired) electrons. The summed E-state index contributed by atoms with van der Waals surface area (Å²) in [6, 6.07) is 7.49. The Morgan fingerprint density at radius 2 is 1.85 bits per heavy atom. The van der Waals surface area contributed by atoms with Crippen molar-refractivity contribution in [2.75, 3.05) is 19.7 Å². The molecule has 1 aliphatic heterocycles. The van der Waals surface area contributed by atoms with E-state index in [2.05, 4.69) is 5.32 Å². The first kappa shape index (κ1) is 18.7. The Morgan fingerprint density at radius 1 is 1.15 bits per heavy atom. The third-order valence-corrected chi connectivity index (χ3v) is 5.41. The number of amides is 2. The number of carbonyl (C=O) groups is 2. The lowest BCUT2D eigenvalue weighted by Gasteiger charge is -2.36. The van der Waals surface area contributed by atoms with Crippen LogP contribution in [0.1, 0.15) is 56.3 Å². The molecule has 1 aromatic rings. The molecule has 2 fully saturated rings. The summed E-state index contributed by atoms with van der Waals surface area (Å²) in [5.74, 6) is 1.61. The van der Waals surface area contributed by atoms with Crippen molar-refractivity contribution >= 4 is 11.8 Å². The number of hydrogen-bond acceptors (Lipinski definition) is 3. The Kier molecular flexibility index (Phi) is 6.17. The maximum absolute atomic E-state index is 12.3. The van der Waals surface area contributed by atoms with Gasteiger partial charge >= 0.3 is 0 Å². The third-order valence-electron chi connectivity index (χ3n) is 5.41. The highest BCUT2D eigenvalue weighted by atomic mass is 16.5. The third kappa shape index (κ3) is 4.57. The summed E-state index contributed by atoms with van der Waals surface area (Å²) in [5, 5.41) is 2.91. The minimum absolute atomic E-state index is 0.0908. The van der Waals surface area contributed by atoms with Crippen molar-refractivity contribution < 1.29 is 14.3 Å². The van der Waals surface area contributed by atoms with Crippen LogP contribution in [0.4, 0.5) is 0 Å². The Labute approximate surface area is 156 Å². The smallest absolute Gasteiger partial charge is 0.255 e. The zero-order valence-electron chi connectivity index (χ0n) is 15.9. The summed E-state index contributed by atoms with van der Waals surface area (Å²) in [4.78, 5) is 26.7. The van der Waals surface area contributed by atoms with Crippen molar-refractivity contribution in [1.29, 1.82) is 0 Å². The number of rotatable bonds is 6. The number of piperidine rings is 1.